The minimum absolute atomic E-state index is 0.284. The number of hydrogen-bond acceptors (Lipinski definition) is 3. The third-order valence-electron chi connectivity index (χ3n) is 4.24. The molecule has 3 rings (SSSR count). The normalized spacial score (nSPS) is 19.2. The summed E-state index contributed by atoms with van der Waals surface area (Å²) in [6.07, 6.45) is 4.38. The van der Waals surface area contributed by atoms with Gasteiger partial charge in [-0.3, -0.25) is 9.59 Å². The van der Waals surface area contributed by atoms with E-state index < -0.39 is 11.5 Å². The highest BCUT2D eigenvalue weighted by Crippen LogP contribution is 2.42. The van der Waals surface area contributed by atoms with Crippen molar-refractivity contribution < 1.29 is 14.7 Å². The Labute approximate surface area is 146 Å². The lowest BCUT2D eigenvalue weighted by atomic mass is 9.89. The summed E-state index contributed by atoms with van der Waals surface area (Å²) in [7, 11) is 0. The Bertz CT molecular complexity index is 841. The van der Waals surface area contributed by atoms with Gasteiger partial charge in [0.05, 0.1) is 12.1 Å². The van der Waals surface area contributed by atoms with Crippen LogP contribution in [0.15, 0.2) is 73.3 Å². The maximum atomic E-state index is 12.7. The fraction of sp³-hybridized carbons (Fsp3) is 0.143. The number of benzene rings is 2. The number of nitrogens with zero attached hydrogens (tertiary/aromatic N) is 1. The van der Waals surface area contributed by atoms with Crippen molar-refractivity contribution in [3.8, 4) is 0 Å². The molecule has 0 aliphatic carbocycles. The van der Waals surface area contributed by atoms with Crippen molar-refractivity contribution in [1.29, 1.82) is 0 Å². The van der Waals surface area contributed by atoms with Gasteiger partial charge in [0.2, 0.25) is 0 Å². The molecule has 1 atom stereocenters. The summed E-state index contributed by atoms with van der Waals surface area (Å²) in [5.41, 5.74) is 0.130. The molecule has 1 aliphatic heterocycles. The lowest BCUT2D eigenvalue weighted by Gasteiger charge is -2.21. The van der Waals surface area contributed by atoms with Gasteiger partial charge in [-0.2, -0.15) is 0 Å². The van der Waals surface area contributed by atoms with E-state index >= 15 is 0 Å². The Morgan fingerprint density at radius 3 is 2.52 bits per heavy atom. The highest BCUT2D eigenvalue weighted by atomic mass is 16.3. The molecule has 4 heteroatoms. The molecule has 25 heavy (non-hydrogen) atoms. The van der Waals surface area contributed by atoms with Gasteiger partial charge in [0.1, 0.15) is 0 Å². The van der Waals surface area contributed by atoms with E-state index in [1.807, 2.05) is 30.3 Å². The first kappa shape index (κ1) is 16.9. The molecule has 0 saturated heterocycles. The first-order chi connectivity index (χ1) is 12.1. The molecule has 0 unspecified atom stereocenters. The highest BCUT2D eigenvalue weighted by Gasteiger charge is 2.50. The van der Waals surface area contributed by atoms with E-state index in [0.29, 0.717) is 11.3 Å². The second kappa shape index (κ2) is 6.87. The number of anilines is 1. The SMILES string of the molecule is C=CCN1C(=O)[C@](O)(CC(=O)/C=C\c2ccccc2)c2ccccc21. The number of ketones is 1. The smallest absolute Gasteiger partial charge is 0.264 e. The Morgan fingerprint density at radius 1 is 1.12 bits per heavy atom. The van der Waals surface area contributed by atoms with Crippen LogP contribution in [-0.4, -0.2) is 23.3 Å². The predicted octanol–water partition coefficient (Wildman–Crippen LogP) is 3.08. The molecule has 2 aromatic rings. The molecule has 2 aromatic carbocycles. The minimum Gasteiger partial charge on any atom is -0.375 e. The van der Waals surface area contributed by atoms with Crippen molar-refractivity contribution in [2.24, 2.45) is 0 Å². The van der Waals surface area contributed by atoms with Crippen molar-refractivity contribution in [3.05, 3.63) is 84.5 Å². The highest BCUT2D eigenvalue weighted by molar-refractivity contribution is 6.10. The molecule has 0 saturated carbocycles. The summed E-state index contributed by atoms with van der Waals surface area (Å²) in [6.45, 7) is 3.93. The minimum atomic E-state index is -1.84. The number of rotatable bonds is 6. The van der Waals surface area contributed by atoms with E-state index in [0.717, 1.165) is 5.56 Å². The van der Waals surface area contributed by atoms with Crippen molar-refractivity contribution in [2.45, 2.75) is 12.0 Å². The fourth-order valence-corrected chi connectivity index (χ4v) is 3.05. The molecular weight excluding hydrogens is 314 g/mol. The Morgan fingerprint density at radius 2 is 1.80 bits per heavy atom. The van der Waals surface area contributed by atoms with Crippen LogP contribution in [0.1, 0.15) is 17.5 Å². The molecule has 1 heterocycles. The predicted molar refractivity (Wildman–Crippen MR) is 98.0 cm³/mol. The van der Waals surface area contributed by atoms with Gasteiger partial charge in [-0.25, -0.2) is 0 Å². The molecule has 4 nitrogen and oxygen atoms in total. The average Bonchev–Trinajstić information content (AvgIpc) is 2.83. The van der Waals surface area contributed by atoms with Crippen LogP contribution in [-0.2, 0) is 15.2 Å². The third kappa shape index (κ3) is 3.16. The molecular formula is C21H19NO3. The Kier molecular flexibility index (Phi) is 4.63. The van der Waals surface area contributed by atoms with E-state index in [2.05, 4.69) is 6.58 Å². The van der Waals surface area contributed by atoms with Gasteiger partial charge in [-0.15, -0.1) is 6.58 Å². The first-order valence-corrected chi connectivity index (χ1v) is 8.07. The van der Waals surface area contributed by atoms with Crippen LogP contribution >= 0.6 is 0 Å². The zero-order chi connectivity index (χ0) is 17.9. The molecule has 1 amide bonds. The molecule has 1 N–H and O–H groups in total. The van der Waals surface area contributed by atoms with E-state index in [9.17, 15) is 14.7 Å². The number of fused-ring (bicyclic) bond motifs is 1. The van der Waals surface area contributed by atoms with Crippen LogP contribution in [0.3, 0.4) is 0 Å². The van der Waals surface area contributed by atoms with Gasteiger partial charge < -0.3 is 10.0 Å². The van der Waals surface area contributed by atoms with Gasteiger partial charge in [0.15, 0.2) is 11.4 Å². The second-order valence-electron chi connectivity index (χ2n) is 5.97. The summed E-state index contributed by atoms with van der Waals surface area (Å²) >= 11 is 0. The van der Waals surface area contributed by atoms with Gasteiger partial charge in [0.25, 0.3) is 5.91 Å². The van der Waals surface area contributed by atoms with E-state index in [1.165, 1.54) is 11.0 Å². The molecule has 0 spiro atoms. The zero-order valence-corrected chi connectivity index (χ0v) is 13.8. The lowest BCUT2D eigenvalue weighted by molar-refractivity contribution is -0.140. The quantitative estimate of drug-likeness (QED) is 0.653. The number of hydrogen-bond donors (Lipinski definition) is 1. The molecule has 0 radical (unpaired) electrons. The molecule has 0 aromatic heterocycles. The van der Waals surface area contributed by atoms with Crippen LogP contribution in [0, 0.1) is 0 Å². The average molecular weight is 333 g/mol. The monoisotopic (exact) mass is 333 g/mol. The number of allylic oxidation sites excluding steroid dienone is 1. The molecule has 0 bridgehead atoms. The van der Waals surface area contributed by atoms with Crippen LogP contribution in [0.25, 0.3) is 6.08 Å². The molecule has 0 fully saturated rings. The van der Waals surface area contributed by atoms with Gasteiger partial charge in [0, 0.05) is 12.1 Å². The third-order valence-corrected chi connectivity index (χ3v) is 4.24. The number of carbonyl (C=O) groups is 2. The van der Waals surface area contributed by atoms with Crippen molar-refractivity contribution in [1.82, 2.24) is 0 Å². The number of aliphatic hydroxyl groups is 1. The molecule has 1 aliphatic rings. The van der Waals surface area contributed by atoms with Crippen LogP contribution in [0.2, 0.25) is 0 Å². The summed E-state index contributed by atoms with van der Waals surface area (Å²) in [6, 6.07) is 16.4. The van der Waals surface area contributed by atoms with E-state index in [1.54, 1.807) is 36.4 Å². The fourth-order valence-electron chi connectivity index (χ4n) is 3.05. The second-order valence-corrected chi connectivity index (χ2v) is 5.97. The van der Waals surface area contributed by atoms with Crippen LogP contribution in [0.5, 0.6) is 0 Å². The van der Waals surface area contributed by atoms with Gasteiger partial charge in [-0.1, -0.05) is 60.7 Å². The lowest BCUT2D eigenvalue weighted by Crippen LogP contribution is -2.41. The number of carbonyl (C=O) groups excluding carboxylic acids is 2. The topological polar surface area (TPSA) is 57.6 Å². The van der Waals surface area contributed by atoms with Crippen molar-refractivity contribution >= 4 is 23.5 Å². The van der Waals surface area contributed by atoms with Crippen LogP contribution in [0.4, 0.5) is 5.69 Å². The Balaban J connectivity index is 1.85. The first-order valence-electron chi connectivity index (χ1n) is 8.07. The molecule has 126 valence electrons. The van der Waals surface area contributed by atoms with Gasteiger partial charge >= 0.3 is 0 Å². The van der Waals surface area contributed by atoms with E-state index in [4.69, 9.17) is 0 Å². The van der Waals surface area contributed by atoms with Crippen LogP contribution < -0.4 is 4.90 Å². The maximum absolute atomic E-state index is 12.7. The van der Waals surface area contributed by atoms with Crippen molar-refractivity contribution in [3.63, 3.8) is 0 Å². The standard InChI is InChI=1S/C21H19NO3/c1-2-14-22-19-11-7-6-10-18(19)21(25,20(22)24)15-17(23)13-12-16-8-4-3-5-9-16/h2-13,25H,1,14-15H2/b13-12-/t21-/m0/s1. The van der Waals surface area contributed by atoms with E-state index in [-0.39, 0.29) is 18.7 Å². The summed E-state index contributed by atoms with van der Waals surface area (Å²) in [4.78, 5) is 26.6. The zero-order valence-electron chi connectivity index (χ0n) is 13.8. The Hall–Kier alpha value is -2.98. The summed E-state index contributed by atoms with van der Waals surface area (Å²) in [5, 5.41) is 11.0. The van der Waals surface area contributed by atoms with Gasteiger partial charge in [-0.05, 0) is 17.7 Å². The van der Waals surface area contributed by atoms with Crippen molar-refractivity contribution in [2.75, 3.05) is 11.4 Å². The number of amides is 1. The summed E-state index contributed by atoms with van der Waals surface area (Å²) in [5.74, 6) is -0.801. The maximum Gasteiger partial charge on any atom is 0.264 e. The largest absolute Gasteiger partial charge is 0.375 e. The summed E-state index contributed by atoms with van der Waals surface area (Å²) < 4.78 is 0. The number of para-hydroxylation sites is 1.